The third-order valence-electron chi connectivity index (χ3n) is 3.91. The molecular weight excluding hydrogens is 220 g/mol. The van der Waals surface area contributed by atoms with Crippen LogP contribution >= 0.6 is 0 Å². The standard InChI is InChI=1S/C11H26O2Si2/c1-5-14-9-7-8-10(15-6-2)11(9,12-3)13-4/h9-10H,5-8,14-15H2,1-4H3. The quantitative estimate of drug-likeness (QED) is 0.523. The lowest BCUT2D eigenvalue weighted by Crippen LogP contribution is -2.42. The van der Waals surface area contributed by atoms with Gasteiger partial charge in [0.15, 0.2) is 5.79 Å². The van der Waals surface area contributed by atoms with Gasteiger partial charge in [-0.1, -0.05) is 25.9 Å². The summed E-state index contributed by atoms with van der Waals surface area (Å²) in [5.41, 5.74) is 1.53. The normalized spacial score (nSPS) is 31.2. The van der Waals surface area contributed by atoms with E-state index in [4.69, 9.17) is 9.47 Å². The minimum absolute atomic E-state index is 0.00452. The predicted molar refractivity (Wildman–Crippen MR) is 71.5 cm³/mol. The Balaban J connectivity index is 2.75. The topological polar surface area (TPSA) is 18.5 Å². The minimum atomic E-state index is -0.162. The van der Waals surface area contributed by atoms with Crippen LogP contribution < -0.4 is 0 Å². The van der Waals surface area contributed by atoms with E-state index in [1.54, 1.807) is 0 Å². The van der Waals surface area contributed by atoms with Crippen LogP contribution in [0.5, 0.6) is 0 Å². The lowest BCUT2D eigenvalue weighted by Gasteiger charge is -2.37. The molecule has 90 valence electrons. The first-order valence-corrected chi connectivity index (χ1v) is 9.98. The van der Waals surface area contributed by atoms with Crippen molar-refractivity contribution in [2.45, 2.75) is 55.6 Å². The van der Waals surface area contributed by atoms with E-state index >= 15 is 0 Å². The zero-order chi connectivity index (χ0) is 11.3. The highest BCUT2D eigenvalue weighted by Crippen LogP contribution is 2.50. The van der Waals surface area contributed by atoms with Gasteiger partial charge in [0.05, 0.1) is 0 Å². The van der Waals surface area contributed by atoms with Gasteiger partial charge in [0, 0.05) is 44.3 Å². The molecule has 0 aromatic heterocycles. The van der Waals surface area contributed by atoms with Crippen molar-refractivity contribution in [1.29, 1.82) is 0 Å². The van der Waals surface area contributed by atoms with Crippen molar-refractivity contribution < 1.29 is 9.47 Å². The Labute approximate surface area is 98.8 Å². The van der Waals surface area contributed by atoms with Crippen LogP contribution in [0, 0.1) is 0 Å². The highest BCUT2D eigenvalue weighted by Gasteiger charge is 2.49. The van der Waals surface area contributed by atoms with Crippen LogP contribution in [0.15, 0.2) is 0 Å². The lowest BCUT2D eigenvalue weighted by atomic mass is 10.2. The van der Waals surface area contributed by atoms with E-state index in [2.05, 4.69) is 13.8 Å². The molecule has 1 fully saturated rings. The minimum Gasteiger partial charge on any atom is -0.353 e. The molecule has 2 nitrogen and oxygen atoms in total. The fourth-order valence-corrected chi connectivity index (χ4v) is 8.19. The van der Waals surface area contributed by atoms with E-state index < -0.39 is 0 Å². The SMILES string of the molecule is CC[SiH2]C1CCC([SiH2]CC)C1(OC)OC. The van der Waals surface area contributed by atoms with Crippen LogP contribution in [-0.2, 0) is 9.47 Å². The molecule has 0 spiro atoms. The summed E-state index contributed by atoms with van der Waals surface area (Å²) in [4.78, 5) is 0. The van der Waals surface area contributed by atoms with Gasteiger partial charge in [0.25, 0.3) is 0 Å². The van der Waals surface area contributed by atoms with Crippen LogP contribution in [0.2, 0.25) is 23.2 Å². The fraction of sp³-hybridized carbons (Fsp3) is 1.00. The van der Waals surface area contributed by atoms with Gasteiger partial charge in [-0.25, -0.2) is 0 Å². The van der Waals surface area contributed by atoms with Gasteiger partial charge in [-0.3, -0.25) is 0 Å². The van der Waals surface area contributed by atoms with Crippen LogP contribution in [0.1, 0.15) is 26.7 Å². The zero-order valence-electron chi connectivity index (χ0n) is 10.7. The van der Waals surface area contributed by atoms with Gasteiger partial charge in [-0.05, 0) is 12.8 Å². The van der Waals surface area contributed by atoms with Crippen molar-refractivity contribution in [2.24, 2.45) is 0 Å². The Morgan fingerprint density at radius 3 is 1.67 bits per heavy atom. The highest BCUT2D eigenvalue weighted by atomic mass is 28.2. The van der Waals surface area contributed by atoms with E-state index in [9.17, 15) is 0 Å². The molecule has 1 saturated carbocycles. The smallest absolute Gasteiger partial charge is 0.167 e. The van der Waals surface area contributed by atoms with Gasteiger partial charge >= 0.3 is 0 Å². The summed E-state index contributed by atoms with van der Waals surface area (Å²) < 4.78 is 11.7. The van der Waals surface area contributed by atoms with E-state index in [-0.39, 0.29) is 24.8 Å². The molecule has 0 heterocycles. The Hall–Kier alpha value is 0.354. The van der Waals surface area contributed by atoms with E-state index in [0.29, 0.717) is 0 Å². The maximum absolute atomic E-state index is 5.83. The number of hydrogen-bond acceptors (Lipinski definition) is 2. The van der Waals surface area contributed by atoms with Crippen molar-refractivity contribution in [3.8, 4) is 0 Å². The molecule has 0 N–H and O–H groups in total. The van der Waals surface area contributed by atoms with Crippen molar-refractivity contribution in [1.82, 2.24) is 0 Å². The molecule has 1 aliphatic carbocycles. The van der Waals surface area contributed by atoms with E-state index in [0.717, 1.165) is 11.1 Å². The first kappa shape index (κ1) is 13.4. The molecule has 0 aliphatic heterocycles. The number of ether oxygens (including phenoxy) is 2. The monoisotopic (exact) mass is 246 g/mol. The molecular formula is C11H26O2Si2. The second-order valence-electron chi connectivity index (χ2n) is 4.68. The zero-order valence-corrected chi connectivity index (χ0v) is 13.5. The van der Waals surface area contributed by atoms with Crippen molar-refractivity contribution in [2.75, 3.05) is 14.2 Å². The summed E-state index contributed by atoms with van der Waals surface area (Å²) in [7, 11) is 3.69. The highest BCUT2D eigenvalue weighted by molar-refractivity contribution is 6.41. The number of methoxy groups -OCH3 is 2. The third-order valence-corrected chi connectivity index (χ3v) is 8.42. The molecule has 2 atom stereocenters. The molecule has 15 heavy (non-hydrogen) atoms. The number of hydrogen-bond donors (Lipinski definition) is 0. The van der Waals surface area contributed by atoms with Gasteiger partial charge in [-0.15, -0.1) is 0 Å². The molecule has 0 saturated heterocycles. The van der Waals surface area contributed by atoms with E-state index in [1.807, 2.05) is 14.2 Å². The molecule has 0 bridgehead atoms. The second-order valence-corrected chi connectivity index (χ2v) is 9.80. The third kappa shape index (κ3) is 2.54. The van der Waals surface area contributed by atoms with Crippen LogP contribution in [0.4, 0.5) is 0 Å². The summed E-state index contributed by atoms with van der Waals surface area (Å²) in [5.74, 6) is -0.162. The Morgan fingerprint density at radius 2 is 1.40 bits per heavy atom. The fourth-order valence-electron chi connectivity index (χ4n) is 3.28. The molecule has 1 rings (SSSR count). The van der Waals surface area contributed by atoms with Crippen LogP contribution in [0.3, 0.4) is 0 Å². The Kier molecular flexibility index (Phi) is 5.53. The summed E-state index contributed by atoms with van der Waals surface area (Å²) in [6.45, 7) is 4.62. The van der Waals surface area contributed by atoms with Crippen molar-refractivity contribution in [3.05, 3.63) is 0 Å². The van der Waals surface area contributed by atoms with Gasteiger partial charge in [-0.2, -0.15) is 0 Å². The van der Waals surface area contributed by atoms with Gasteiger partial charge in [0.2, 0.25) is 0 Å². The average Bonchev–Trinajstić information content (AvgIpc) is 2.59. The first-order valence-electron chi connectivity index (χ1n) is 6.35. The summed E-state index contributed by atoms with van der Waals surface area (Å²) in [6.07, 6.45) is 2.72. The largest absolute Gasteiger partial charge is 0.353 e. The Bertz CT molecular complexity index is 167. The molecule has 0 radical (unpaired) electrons. The first-order chi connectivity index (χ1) is 7.25. The number of rotatable bonds is 6. The predicted octanol–water partition coefficient (Wildman–Crippen LogP) is 1.56. The summed E-state index contributed by atoms with van der Waals surface area (Å²) >= 11 is 0. The molecule has 0 amide bonds. The lowest BCUT2D eigenvalue weighted by molar-refractivity contribution is -0.199. The molecule has 0 aromatic rings. The van der Waals surface area contributed by atoms with Crippen molar-refractivity contribution in [3.63, 3.8) is 0 Å². The van der Waals surface area contributed by atoms with Crippen LogP contribution in [0.25, 0.3) is 0 Å². The maximum atomic E-state index is 5.83. The second kappa shape index (κ2) is 6.18. The summed E-state index contributed by atoms with van der Waals surface area (Å²) in [6, 6.07) is 2.75. The molecule has 0 aromatic carbocycles. The molecule has 4 heteroatoms. The van der Waals surface area contributed by atoms with E-state index in [1.165, 1.54) is 24.9 Å². The maximum Gasteiger partial charge on any atom is 0.167 e. The van der Waals surface area contributed by atoms with Gasteiger partial charge < -0.3 is 9.47 Å². The molecule has 2 unspecified atom stereocenters. The summed E-state index contributed by atoms with van der Waals surface area (Å²) in [5, 5.41) is 0. The van der Waals surface area contributed by atoms with Crippen molar-refractivity contribution >= 4 is 19.0 Å². The average molecular weight is 246 g/mol. The molecule has 1 aliphatic rings. The Morgan fingerprint density at radius 1 is 1.00 bits per heavy atom. The van der Waals surface area contributed by atoms with Gasteiger partial charge in [0.1, 0.15) is 0 Å². The van der Waals surface area contributed by atoms with Crippen LogP contribution in [-0.4, -0.2) is 39.0 Å².